The summed E-state index contributed by atoms with van der Waals surface area (Å²) in [5.41, 5.74) is 4.54. The molecule has 110 valence electrons. The Bertz CT molecular complexity index is 656. The molecule has 0 unspecified atom stereocenters. The van der Waals surface area contributed by atoms with Crippen LogP contribution in [0, 0.1) is 0 Å². The number of rotatable bonds is 5. The average molecular weight is 284 g/mol. The molecule has 0 aliphatic carbocycles. The largest absolute Gasteiger partial charge is 0.466 e. The van der Waals surface area contributed by atoms with Crippen molar-refractivity contribution in [2.75, 3.05) is 7.11 Å². The van der Waals surface area contributed by atoms with Crippen LogP contribution in [0.1, 0.15) is 18.9 Å². The SMILES string of the molecule is COC(=O)/C=C(\C)CCc1cccc(-c2cnn(C)c2)c1. The van der Waals surface area contributed by atoms with Gasteiger partial charge in [-0.1, -0.05) is 29.8 Å². The predicted molar refractivity (Wildman–Crippen MR) is 82.7 cm³/mol. The van der Waals surface area contributed by atoms with Gasteiger partial charge in [-0.2, -0.15) is 5.10 Å². The van der Waals surface area contributed by atoms with E-state index in [1.165, 1.54) is 12.7 Å². The molecule has 4 nitrogen and oxygen atoms in total. The molecule has 0 N–H and O–H groups in total. The first-order valence-corrected chi connectivity index (χ1v) is 6.91. The normalized spacial score (nSPS) is 11.5. The highest BCUT2D eigenvalue weighted by Crippen LogP contribution is 2.20. The van der Waals surface area contributed by atoms with Gasteiger partial charge in [0, 0.05) is 24.9 Å². The van der Waals surface area contributed by atoms with Crippen LogP contribution in [-0.4, -0.2) is 22.9 Å². The Labute approximate surface area is 125 Å². The summed E-state index contributed by atoms with van der Waals surface area (Å²) in [7, 11) is 3.30. The van der Waals surface area contributed by atoms with Crippen LogP contribution in [0.25, 0.3) is 11.1 Å². The number of aromatic nitrogens is 2. The summed E-state index contributed by atoms with van der Waals surface area (Å²) in [6.07, 6.45) is 7.15. The highest BCUT2D eigenvalue weighted by atomic mass is 16.5. The van der Waals surface area contributed by atoms with Crippen molar-refractivity contribution in [1.29, 1.82) is 0 Å². The maximum Gasteiger partial charge on any atom is 0.330 e. The fourth-order valence-electron chi connectivity index (χ4n) is 2.15. The minimum atomic E-state index is -0.295. The van der Waals surface area contributed by atoms with E-state index >= 15 is 0 Å². The molecule has 0 atom stereocenters. The van der Waals surface area contributed by atoms with Crippen molar-refractivity contribution in [2.45, 2.75) is 19.8 Å². The zero-order chi connectivity index (χ0) is 15.2. The van der Waals surface area contributed by atoms with Gasteiger partial charge in [0.1, 0.15) is 0 Å². The number of ether oxygens (including phenoxy) is 1. The molecule has 0 saturated heterocycles. The van der Waals surface area contributed by atoms with Crippen LogP contribution in [0.2, 0.25) is 0 Å². The van der Waals surface area contributed by atoms with E-state index in [1.807, 2.05) is 26.4 Å². The monoisotopic (exact) mass is 284 g/mol. The Morgan fingerprint density at radius 3 is 2.86 bits per heavy atom. The molecule has 21 heavy (non-hydrogen) atoms. The summed E-state index contributed by atoms with van der Waals surface area (Å²) in [4.78, 5) is 11.2. The Kier molecular flexibility index (Phi) is 4.93. The van der Waals surface area contributed by atoms with Crippen LogP contribution in [-0.2, 0) is 23.0 Å². The van der Waals surface area contributed by atoms with Gasteiger partial charge in [0.2, 0.25) is 0 Å². The zero-order valence-electron chi connectivity index (χ0n) is 12.7. The van der Waals surface area contributed by atoms with E-state index in [-0.39, 0.29) is 5.97 Å². The first kappa shape index (κ1) is 15.0. The van der Waals surface area contributed by atoms with Crippen molar-refractivity contribution in [2.24, 2.45) is 7.05 Å². The zero-order valence-corrected chi connectivity index (χ0v) is 12.7. The van der Waals surface area contributed by atoms with E-state index < -0.39 is 0 Å². The van der Waals surface area contributed by atoms with Gasteiger partial charge in [0.05, 0.1) is 13.3 Å². The molecule has 4 heteroatoms. The summed E-state index contributed by atoms with van der Waals surface area (Å²) < 4.78 is 6.42. The molecule has 2 rings (SSSR count). The number of nitrogens with zero attached hydrogens (tertiary/aromatic N) is 2. The standard InChI is InChI=1S/C17H20N2O2/c1-13(9-17(20)21-3)7-8-14-5-4-6-15(10-14)16-11-18-19(2)12-16/h4-6,9-12H,7-8H2,1-3H3/b13-9+. The second kappa shape index (κ2) is 6.88. The maximum atomic E-state index is 11.2. The number of esters is 1. The number of carbonyl (C=O) groups excluding carboxylic acids is 1. The summed E-state index contributed by atoms with van der Waals surface area (Å²) in [6.45, 7) is 1.95. The molecule has 1 aromatic heterocycles. The summed E-state index contributed by atoms with van der Waals surface area (Å²) in [5, 5.41) is 4.20. The highest BCUT2D eigenvalue weighted by molar-refractivity contribution is 5.82. The number of aryl methyl sites for hydroxylation is 2. The smallest absolute Gasteiger partial charge is 0.330 e. The quantitative estimate of drug-likeness (QED) is 0.626. The van der Waals surface area contributed by atoms with Gasteiger partial charge in [0.25, 0.3) is 0 Å². The van der Waals surface area contributed by atoms with Gasteiger partial charge in [-0.25, -0.2) is 4.79 Å². The average Bonchev–Trinajstić information content (AvgIpc) is 2.92. The summed E-state index contributed by atoms with van der Waals surface area (Å²) >= 11 is 0. The van der Waals surface area contributed by atoms with Crippen molar-refractivity contribution in [3.8, 4) is 11.1 Å². The lowest BCUT2D eigenvalue weighted by molar-refractivity contribution is -0.134. The van der Waals surface area contributed by atoms with E-state index in [1.54, 1.807) is 10.8 Å². The second-order valence-electron chi connectivity index (χ2n) is 5.12. The van der Waals surface area contributed by atoms with E-state index in [9.17, 15) is 4.79 Å². The first-order chi connectivity index (χ1) is 10.1. The Hall–Kier alpha value is -2.36. The molecule has 0 amide bonds. The molecule has 0 saturated carbocycles. The number of carbonyl (C=O) groups is 1. The van der Waals surface area contributed by atoms with E-state index in [2.05, 4.69) is 34.1 Å². The number of methoxy groups -OCH3 is 1. The molecule has 1 heterocycles. The van der Waals surface area contributed by atoms with E-state index in [4.69, 9.17) is 0 Å². The fourth-order valence-corrected chi connectivity index (χ4v) is 2.15. The highest BCUT2D eigenvalue weighted by Gasteiger charge is 2.03. The molecule has 0 aliphatic rings. The number of hydrogen-bond donors (Lipinski definition) is 0. The number of hydrogen-bond acceptors (Lipinski definition) is 3. The minimum Gasteiger partial charge on any atom is -0.466 e. The van der Waals surface area contributed by atoms with Gasteiger partial charge >= 0.3 is 5.97 Å². The molecule has 1 aromatic carbocycles. The van der Waals surface area contributed by atoms with E-state index in [0.29, 0.717) is 0 Å². The third kappa shape index (κ3) is 4.31. The van der Waals surface area contributed by atoms with Crippen LogP contribution in [0.15, 0.2) is 48.3 Å². The molecule has 0 fully saturated rings. The van der Waals surface area contributed by atoms with Crippen LogP contribution in [0.4, 0.5) is 0 Å². The van der Waals surface area contributed by atoms with Gasteiger partial charge in [-0.05, 0) is 30.9 Å². The summed E-state index contributed by atoms with van der Waals surface area (Å²) in [6, 6.07) is 8.41. The lowest BCUT2D eigenvalue weighted by Gasteiger charge is -2.05. The molecule has 0 bridgehead atoms. The predicted octanol–water partition coefficient (Wildman–Crippen LogP) is 3.14. The second-order valence-corrected chi connectivity index (χ2v) is 5.12. The third-order valence-corrected chi connectivity index (χ3v) is 3.34. The van der Waals surface area contributed by atoms with Gasteiger partial charge in [-0.3, -0.25) is 4.68 Å². The Balaban J connectivity index is 2.05. The molecular formula is C17H20N2O2. The van der Waals surface area contributed by atoms with Gasteiger partial charge in [-0.15, -0.1) is 0 Å². The van der Waals surface area contributed by atoms with Crippen LogP contribution < -0.4 is 0 Å². The molecule has 0 spiro atoms. The Morgan fingerprint density at radius 2 is 2.19 bits per heavy atom. The van der Waals surface area contributed by atoms with Crippen LogP contribution in [0.3, 0.4) is 0 Å². The number of allylic oxidation sites excluding steroid dienone is 1. The van der Waals surface area contributed by atoms with Crippen molar-refractivity contribution in [1.82, 2.24) is 9.78 Å². The minimum absolute atomic E-state index is 0.295. The maximum absolute atomic E-state index is 11.2. The molecule has 2 aromatic rings. The lowest BCUT2D eigenvalue weighted by Crippen LogP contribution is -1.97. The summed E-state index contributed by atoms with van der Waals surface area (Å²) in [5.74, 6) is -0.295. The first-order valence-electron chi connectivity index (χ1n) is 6.91. The topological polar surface area (TPSA) is 44.1 Å². The third-order valence-electron chi connectivity index (χ3n) is 3.34. The fraction of sp³-hybridized carbons (Fsp3) is 0.294. The van der Waals surface area contributed by atoms with Crippen molar-refractivity contribution >= 4 is 5.97 Å². The molecule has 0 radical (unpaired) electrons. The van der Waals surface area contributed by atoms with Gasteiger partial charge < -0.3 is 4.74 Å². The number of benzene rings is 1. The molecule has 0 aliphatic heterocycles. The van der Waals surface area contributed by atoms with Crippen molar-refractivity contribution < 1.29 is 9.53 Å². The van der Waals surface area contributed by atoms with Gasteiger partial charge in [0.15, 0.2) is 0 Å². The van der Waals surface area contributed by atoms with Crippen LogP contribution in [0.5, 0.6) is 0 Å². The Morgan fingerprint density at radius 1 is 1.38 bits per heavy atom. The lowest BCUT2D eigenvalue weighted by atomic mass is 10.0. The van der Waals surface area contributed by atoms with Crippen molar-refractivity contribution in [3.05, 3.63) is 53.9 Å². The van der Waals surface area contributed by atoms with Crippen molar-refractivity contribution in [3.63, 3.8) is 0 Å². The van der Waals surface area contributed by atoms with E-state index in [0.717, 1.165) is 29.5 Å². The van der Waals surface area contributed by atoms with Crippen LogP contribution >= 0.6 is 0 Å². The molecular weight excluding hydrogens is 264 g/mol.